The maximum atomic E-state index is 4.30. The monoisotopic (exact) mass is 738 g/mol. The van der Waals surface area contributed by atoms with E-state index < -0.39 is 0 Å². The Hall–Kier alpha value is -5.84. The molecule has 2 aromatic heterocycles. The molecule has 0 atom stereocenters. The van der Waals surface area contributed by atoms with Crippen LogP contribution in [-0.4, -0.2) is 36.1 Å². The Bertz CT molecular complexity index is 1960. The molecule has 0 saturated carbocycles. The van der Waals surface area contributed by atoms with Crippen LogP contribution in [0.3, 0.4) is 0 Å². The molecule has 0 aliphatic carbocycles. The molecular weight excluding hydrogens is 681 g/mol. The Morgan fingerprint density at radius 1 is 0.464 bits per heavy atom. The third-order valence-electron chi connectivity index (χ3n) is 9.74. The van der Waals surface area contributed by atoms with Crippen molar-refractivity contribution in [3.05, 3.63) is 154 Å². The predicted molar refractivity (Wildman–Crippen MR) is 242 cm³/mol. The van der Waals surface area contributed by atoms with Crippen molar-refractivity contribution in [2.45, 2.75) is 79.1 Å². The summed E-state index contributed by atoms with van der Waals surface area (Å²) in [5, 5.41) is 0. The number of anilines is 2. The van der Waals surface area contributed by atoms with Gasteiger partial charge in [0.1, 0.15) is 0 Å². The van der Waals surface area contributed by atoms with Crippen molar-refractivity contribution in [2.24, 2.45) is 0 Å². The van der Waals surface area contributed by atoms with Crippen molar-refractivity contribution in [1.82, 2.24) is 9.97 Å². The minimum Gasteiger partial charge on any atom is -0.372 e. The minimum absolute atomic E-state index is 0.874. The molecule has 0 bridgehead atoms. The van der Waals surface area contributed by atoms with E-state index in [0.29, 0.717) is 0 Å². The highest BCUT2D eigenvalue weighted by Gasteiger charge is 2.09. The van der Waals surface area contributed by atoms with Gasteiger partial charge < -0.3 is 9.80 Å². The quantitative estimate of drug-likeness (QED) is 0.0662. The first-order valence-corrected chi connectivity index (χ1v) is 20.7. The standard InChI is InChI=1S/C52H58N4/c1-5-9-33-55(34-10-6-2)51-21-13-17-43(37-51)23-27-47-39-50(30-26-46-20-16-32-54-42-46)48(40-49(47)29-25-45-19-15-31-53-41-45)28-24-44-18-14-22-52(38-44)56(35-11-7-3)36-12-8-4/h13-24,27-28,31-32,37-42H,5-12,33-36H2,1-4H3/b27-23+,28-24+. The predicted octanol–water partition coefficient (Wildman–Crippen LogP) is 12.4. The van der Waals surface area contributed by atoms with Gasteiger partial charge >= 0.3 is 0 Å². The highest BCUT2D eigenvalue weighted by molar-refractivity contribution is 5.80. The number of pyridine rings is 2. The molecule has 0 aliphatic heterocycles. The van der Waals surface area contributed by atoms with Gasteiger partial charge in [0.2, 0.25) is 0 Å². The topological polar surface area (TPSA) is 32.3 Å². The Labute approximate surface area is 337 Å². The normalized spacial score (nSPS) is 10.9. The van der Waals surface area contributed by atoms with Crippen molar-refractivity contribution in [2.75, 3.05) is 36.0 Å². The highest BCUT2D eigenvalue weighted by Crippen LogP contribution is 2.25. The number of rotatable bonds is 18. The molecule has 5 rings (SSSR count). The van der Waals surface area contributed by atoms with E-state index in [9.17, 15) is 0 Å². The summed E-state index contributed by atoms with van der Waals surface area (Å²) in [4.78, 5) is 13.7. The molecule has 0 radical (unpaired) electrons. The Balaban J connectivity index is 1.58. The van der Waals surface area contributed by atoms with E-state index in [-0.39, 0.29) is 0 Å². The average Bonchev–Trinajstić information content (AvgIpc) is 3.25. The van der Waals surface area contributed by atoms with Crippen molar-refractivity contribution < 1.29 is 0 Å². The van der Waals surface area contributed by atoms with Gasteiger partial charge in [0.25, 0.3) is 0 Å². The van der Waals surface area contributed by atoms with E-state index in [1.165, 1.54) is 62.7 Å². The molecule has 0 aliphatic rings. The lowest BCUT2D eigenvalue weighted by atomic mass is 9.96. The fourth-order valence-electron chi connectivity index (χ4n) is 6.44. The molecule has 4 nitrogen and oxygen atoms in total. The third kappa shape index (κ3) is 13.2. The fraction of sp³-hybridized carbons (Fsp3) is 0.308. The summed E-state index contributed by atoms with van der Waals surface area (Å²) in [5.74, 6) is 13.7. The summed E-state index contributed by atoms with van der Waals surface area (Å²) < 4.78 is 0. The molecule has 0 unspecified atom stereocenters. The first kappa shape index (κ1) is 41.3. The van der Waals surface area contributed by atoms with Crippen LogP contribution in [0.5, 0.6) is 0 Å². The van der Waals surface area contributed by atoms with Crippen LogP contribution >= 0.6 is 0 Å². The van der Waals surface area contributed by atoms with Crippen LogP contribution in [0.4, 0.5) is 11.4 Å². The number of nitrogens with zero attached hydrogens (tertiary/aromatic N) is 4. The summed E-state index contributed by atoms with van der Waals surface area (Å²) in [6.07, 6.45) is 25.4. The van der Waals surface area contributed by atoms with Crippen molar-refractivity contribution in [1.29, 1.82) is 0 Å². The molecule has 56 heavy (non-hydrogen) atoms. The van der Waals surface area contributed by atoms with Crippen LogP contribution in [0.25, 0.3) is 24.3 Å². The molecule has 5 aromatic rings. The number of benzene rings is 3. The maximum Gasteiger partial charge on any atom is 0.0432 e. The first-order chi connectivity index (χ1) is 27.6. The molecule has 2 heterocycles. The van der Waals surface area contributed by atoms with E-state index in [1.54, 1.807) is 12.4 Å². The lowest BCUT2D eigenvalue weighted by Crippen LogP contribution is -2.25. The van der Waals surface area contributed by atoms with Gasteiger partial charge in [-0.3, -0.25) is 9.97 Å². The SMILES string of the molecule is CCCCN(CCCC)c1cccc(/C=C/c2cc(C#Cc3cccnc3)c(/C=C/c3cccc(N(CCCC)CCCC)c3)cc2C#Cc2cccnc2)c1. The van der Waals surface area contributed by atoms with E-state index in [2.05, 4.69) is 156 Å². The smallest absolute Gasteiger partial charge is 0.0432 e. The molecule has 0 amide bonds. The van der Waals surface area contributed by atoms with Crippen molar-refractivity contribution in [3.63, 3.8) is 0 Å². The van der Waals surface area contributed by atoms with E-state index >= 15 is 0 Å². The van der Waals surface area contributed by atoms with Crippen LogP contribution in [0, 0.1) is 23.7 Å². The summed E-state index contributed by atoms with van der Waals surface area (Å²) in [6, 6.07) is 30.0. The number of hydrogen-bond donors (Lipinski definition) is 0. The molecule has 0 fully saturated rings. The lowest BCUT2D eigenvalue weighted by molar-refractivity contribution is 0.678. The second-order valence-electron chi connectivity index (χ2n) is 14.3. The lowest BCUT2D eigenvalue weighted by Gasteiger charge is -2.25. The van der Waals surface area contributed by atoms with E-state index in [1.807, 2.05) is 36.7 Å². The molecule has 0 saturated heterocycles. The number of unbranched alkanes of at least 4 members (excludes halogenated alkanes) is 4. The number of hydrogen-bond acceptors (Lipinski definition) is 4. The summed E-state index contributed by atoms with van der Waals surface area (Å²) >= 11 is 0. The molecule has 3 aromatic carbocycles. The van der Waals surface area contributed by atoms with Gasteiger partial charge in [0.05, 0.1) is 0 Å². The Morgan fingerprint density at radius 2 is 0.875 bits per heavy atom. The first-order valence-electron chi connectivity index (χ1n) is 20.7. The third-order valence-corrected chi connectivity index (χ3v) is 9.74. The summed E-state index contributed by atoms with van der Waals surface area (Å²) in [7, 11) is 0. The second-order valence-corrected chi connectivity index (χ2v) is 14.3. The Kier molecular flexibility index (Phi) is 17.1. The van der Waals surface area contributed by atoms with Gasteiger partial charge in [-0.15, -0.1) is 0 Å². The summed E-state index contributed by atoms with van der Waals surface area (Å²) in [5.41, 5.74) is 10.5. The van der Waals surface area contributed by atoms with Crippen LogP contribution in [0.15, 0.2) is 110 Å². The second kappa shape index (κ2) is 23.2. The fourth-order valence-corrected chi connectivity index (χ4v) is 6.44. The van der Waals surface area contributed by atoms with Gasteiger partial charge in [0.15, 0.2) is 0 Å². The van der Waals surface area contributed by atoms with Crippen LogP contribution < -0.4 is 9.80 Å². The summed E-state index contributed by atoms with van der Waals surface area (Å²) in [6.45, 7) is 13.3. The zero-order valence-corrected chi connectivity index (χ0v) is 34.0. The average molecular weight is 739 g/mol. The highest BCUT2D eigenvalue weighted by atomic mass is 15.1. The van der Waals surface area contributed by atoms with E-state index in [0.717, 1.165) is 70.7 Å². The van der Waals surface area contributed by atoms with Crippen molar-refractivity contribution in [3.8, 4) is 23.7 Å². The molecule has 0 spiro atoms. The van der Waals surface area contributed by atoms with Crippen molar-refractivity contribution >= 4 is 35.7 Å². The van der Waals surface area contributed by atoms with Gasteiger partial charge in [-0.05, 0) is 109 Å². The van der Waals surface area contributed by atoms with Crippen LogP contribution in [-0.2, 0) is 0 Å². The largest absolute Gasteiger partial charge is 0.372 e. The van der Waals surface area contributed by atoms with Gasteiger partial charge in [-0.2, -0.15) is 0 Å². The molecule has 4 heteroatoms. The van der Waals surface area contributed by atoms with Gasteiger partial charge in [0, 0.05) is 84.6 Å². The zero-order chi connectivity index (χ0) is 39.2. The minimum atomic E-state index is 0.874. The van der Waals surface area contributed by atoms with Crippen LogP contribution in [0.2, 0.25) is 0 Å². The molecule has 0 N–H and O–H groups in total. The van der Waals surface area contributed by atoms with E-state index in [4.69, 9.17) is 0 Å². The Morgan fingerprint density at radius 3 is 1.23 bits per heavy atom. The van der Waals surface area contributed by atoms with Gasteiger partial charge in [-0.25, -0.2) is 0 Å². The van der Waals surface area contributed by atoms with Gasteiger partial charge in [-0.1, -0.05) is 126 Å². The maximum absolute atomic E-state index is 4.30. The number of aromatic nitrogens is 2. The molecule has 286 valence electrons. The zero-order valence-electron chi connectivity index (χ0n) is 34.0. The van der Waals surface area contributed by atoms with Crippen LogP contribution in [0.1, 0.15) is 124 Å². The molecular formula is C52H58N4.